The average molecular weight is 286 g/mol. The van der Waals surface area contributed by atoms with Gasteiger partial charge in [-0.2, -0.15) is 5.10 Å². The van der Waals surface area contributed by atoms with Crippen LogP contribution in [0, 0.1) is 6.92 Å². The molecule has 2 rings (SSSR count). The zero-order valence-corrected chi connectivity index (χ0v) is 12.5. The summed E-state index contributed by atoms with van der Waals surface area (Å²) >= 11 is 0. The molecule has 0 spiro atoms. The van der Waals surface area contributed by atoms with E-state index in [1.165, 1.54) is 0 Å². The van der Waals surface area contributed by atoms with Crippen molar-refractivity contribution in [3.63, 3.8) is 0 Å². The van der Waals surface area contributed by atoms with Gasteiger partial charge in [-0.15, -0.1) is 0 Å². The number of nitrogens with two attached hydrogens (primary N) is 1. The van der Waals surface area contributed by atoms with Gasteiger partial charge in [-0.1, -0.05) is 37.3 Å². The summed E-state index contributed by atoms with van der Waals surface area (Å²) in [7, 11) is 0. The highest BCUT2D eigenvalue weighted by atomic mass is 16.1. The summed E-state index contributed by atoms with van der Waals surface area (Å²) in [6, 6.07) is 11.5. The highest BCUT2D eigenvalue weighted by Crippen LogP contribution is 2.24. The SMILES string of the molecule is CCCNC(Cn1nccc1C)(C(N)=O)c1ccccc1. The molecule has 1 unspecified atom stereocenters. The van der Waals surface area contributed by atoms with E-state index in [4.69, 9.17) is 5.73 Å². The number of benzene rings is 1. The van der Waals surface area contributed by atoms with E-state index in [0.717, 1.165) is 17.7 Å². The second kappa shape index (κ2) is 6.54. The number of rotatable bonds is 7. The van der Waals surface area contributed by atoms with Crippen molar-refractivity contribution in [3.05, 3.63) is 53.9 Å². The van der Waals surface area contributed by atoms with Crippen LogP contribution in [0.25, 0.3) is 0 Å². The molecule has 112 valence electrons. The minimum Gasteiger partial charge on any atom is -0.368 e. The number of aromatic nitrogens is 2. The van der Waals surface area contributed by atoms with Gasteiger partial charge >= 0.3 is 0 Å². The molecule has 21 heavy (non-hydrogen) atoms. The highest BCUT2D eigenvalue weighted by molar-refractivity contribution is 5.86. The van der Waals surface area contributed by atoms with Crippen molar-refractivity contribution in [2.24, 2.45) is 5.73 Å². The number of nitrogens with zero attached hydrogens (tertiary/aromatic N) is 2. The van der Waals surface area contributed by atoms with Crippen LogP contribution in [-0.2, 0) is 16.9 Å². The molecule has 1 heterocycles. The fourth-order valence-electron chi connectivity index (χ4n) is 2.41. The van der Waals surface area contributed by atoms with Crippen LogP contribution < -0.4 is 11.1 Å². The van der Waals surface area contributed by atoms with Crippen molar-refractivity contribution in [1.29, 1.82) is 0 Å². The molecule has 0 radical (unpaired) electrons. The first-order valence-electron chi connectivity index (χ1n) is 7.19. The number of aryl methyl sites for hydroxylation is 1. The molecule has 0 aliphatic heterocycles. The number of nitrogens with one attached hydrogen (secondary N) is 1. The van der Waals surface area contributed by atoms with Crippen LogP contribution in [0.15, 0.2) is 42.6 Å². The van der Waals surface area contributed by atoms with E-state index in [-0.39, 0.29) is 0 Å². The normalized spacial score (nSPS) is 13.8. The van der Waals surface area contributed by atoms with E-state index >= 15 is 0 Å². The largest absolute Gasteiger partial charge is 0.368 e. The molecule has 0 bridgehead atoms. The topological polar surface area (TPSA) is 72.9 Å². The lowest BCUT2D eigenvalue weighted by atomic mass is 9.88. The van der Waals surface area contributed by atoms with E-state index in [0.29, 0.717) is 13.1 Å². The molecule has 1 atom stereocenters. The third-order valence-electron chi connectivity index (χ3n) is 3.68. The predicted molar refractivity (Wildman–Crippen MR) is 82.6 cm³/mol. The Morgan fingerprint density at radius 1 is 1.33 bits per heavy atom. The summed E-state index contributed by atoms with van der Waals surface area (Å²) in [6.45, 7) is 5.11. The summed E-state index contributed by atoms with van der Waals surface area (Å²) in [5.74, 6) is -0.392. The quantitative estimate of drug-likeness (QED) is 0.811. The van der Waals surface area contributed by atoms with E-state index in [2.05, 4.69) is 17.3 Å². The molecule has 0 saturated carbocycles. The molecular formula is C16H22N4O. The van der Waals surface area contributed by atoms with Gasteiger partial charge in [0.2, 0.25) is 5.91 Å². The molecule has 0 fully saturated rings. The van der Waals surface area contributed by atoms with E-state index < -0.39 is 11.4 Å². The smallest absolute Gasteiger partial charge is 0.244 e. The van der Waals surface area contributed by atoms with Gasteiger partial charge in [0.05, 0.1) is 6.54 Å². The third kappa shape index (κ3) is 3.13. The summed E-state index contributed by atoms with van der Waals surface area (Å²) in [4.78, 5) is 12.3. The number of primary amides is 1. The predicted octanol–water partition coefficient (Wildman–Crippen LogP) is 1.57. The second-order valence-electron chi connectivity index (χ2n) is 5.19. The summed E-state index contributed by atoms with van der Waals surface area (Å²) in [6.07, 6.45) is 2.64. The Kier molecular flexibility index (Phi) is 4.75. The lowest BCUT2D eigenvalue weighted by Crippen LogP contribution is -2.55. The average Bonchev–Trinajstić information content (AvgIpc) is 2.89. The number of hydrogen-bond donors (Lipinski definition) is 2. The van der Waals surface area contributed by atoms with Gasteiger partial charge in [-0.05, 0) is 31.5 Å². The minimum atomic E-state index is -0.950. The first-order chi connectivity index (χ1) is 10.1. The molecule has 2 aromatic rings. The van der Waals surface area contributed by atoms with Crippen LogP contribution in [0.2, 0.25) is 0 Å². The summed E-state index contributed by atoms with van der Waals surface area (Å²) in [5.41, 5.74) is 6.68. The fraction of sp³-hybridized carbons (Fsp3) is 0.375. The Labute approximate surface area is 125 Å². The molecule has 5 heteroatoms. The first-order valence-corrected chi connectivity index (χ1v) is 7.19. The van der Waals surface area contributed by atoms with Gasteiger partial charge in [0.15, 0.2) is 0 Å². The lowest BCUT2D eigenvalue weighted by molar-refractivity contribution is -0.125. The molecule has 1 aromatic carbocycles. The zero-order valence-electron chi connectivity index (χ0n) is 12.5. The van der Waals surface area contributed by atoms with E-state index in [1.54, 1.807) is 10.9 Å². The molecule has 0 saturated heterocycles. The van der Waals surface area contributed by atoms with Crippen LogP contribution in [0.1, 0.15) is 24.6 Å². The van der Waals surface area contributed by atoms with Crippen molar-refractivity contribution in [2.75, 3.05) is 6.54 Å². The van der Waals surface area contributed by atoms with Gasteiger partial charge < -0.3 is 5.73 Å². The van der Waals surface area contributed by atoms with Crippen molar-refractivity contribution in [1.82, 2.24) is 15.1 Å². The van der Waals surface area contributed by atoms with Crippen molar-refractivity contribution < 1.29 is 4.79 Å². The molecule has 0 aliphatic rings. The Balaban J connectivity index is 2.45. The Morgan fingerprint density at radius 3 is 2.57 bits per heavy atom. The molecule has 3 N–H and O–H groups in total. The zero-order chi connectivity index (χ0) is 15.3. The Morgan fingerprint density at radius 2 is 2.05 bits per heavy atom. The Bertz CT molecular complexity index is 593. The van der Waals surface area contributed by atoms with Crippen LogP contribution in [0.4, 0.5) is 0 Å². The number of amides is 1. The molecule has 1 aromatic heterocycles. The summed E-state index contributed by atoms with van der Waals surface area (Å²) < 4.78 is 1.81. The summed E-state index contributed by atoms with van der Waals surface area (Å²) in [5, 5.41) is 7.61. The highest BCUT2D eigenvalue weighted by Gasteiger charge is 2.38. The monoisotopic (exact) mass is 286 g/mol. The number of hydrogen-bond acceptors (Lipinski definition) is 3. The van der Waals surface area contributed by atoms with Crippen molar-refractivity contribution >= 4 is 5.91 Å². The minimum absolute atomic E-state index is 0.380. The molecule has 1 amide bonds. The van der Waals surface area contributed by atoms with Crippen molar-refractivity contribution in [2.45, 2.75) is 32.4 Å². The van der Waals surface area contributed by atoms with Crippen LogP contribution in [0.5, 0.6) is 0 Å². The molecule has 5 nitrogen and oxygen atoms in total. The Hall–Kier alpha value is -2.14. The van der Waals surface area contributed by atoms with Crippen LogP contribution in [0.3, 0.4) is 0 Å². The standard InChI is InChI=1S/C16H22N4O/c1-3-10-18-16(15(17)21,14-7-5-4-6-8-14)12-20-13(2)9-11-19-20/h4-9,11,18H,3,10,12H2,1-2H3,(H2,17,21). The maximum Gasteiger partial charge on any atom is 0.244 e. The van der Waals surface area contributed by atoms with E-state index in [9.17, 15) is 4.79 Å². The molecule has 0 aliphatic carbocycles. The number of carbonyl (C=O) groups is 1. The number of carbonyl (C=O) groups excluding carboxylic acids is 1. The first kappa shape index (κ1) is 15.3. The van der Waals surface area contributed by atoms with Crippen LogP contribution >= 0.6 is 0 Å². The molecular weight excluding hydrogens is 264 g/mol. The van der Waals surface area contributed by atoms with Gasteiger partial charge in [-0.3, -0.25) is 14.8 Å². The fourth-order valence-corrected chi connectivity index (χ4v) is 2.41. The second-order valence-corrected chi connectivity index (χ2v) is 5.19. The van der Waals surface area contributed by atoms with Gasteiger partial charge in [0, 0.05) is 11.9 Å². The van der Waals surface area contributed by atoms with Gasteiger partial charge in [-0.25, -0.2) is 0 Å². The van der Waals surface area contributed by atoms with Crippen LogP contribution in [-0.4, -0.2) is 22.2 Å². The van der Waals surface area contributed by atoms with Gasteiger partial charge in [0.1, 0.15) is 5.54 Å². The maximum absolute atomic E-state index is 12.3. The maximum atomic E-state index is 12.3. The lowest BCUT2D eigenvalue weighted by Gasteiger charge is -2.32. The van der Waals surface area contributed by atoms with E-state index in [1.807, 2.05) is 43.3 Å². The van der Waals surface area contributed by atoms with Gasteiger partial charge in [0.25, 0.3) is 0 Å². The van der Waals surface area contributed by atoms with Crippen molar-refractivity contribution in [3.8, 4) is 0 Å². The third-order valence-corrected chi connectivity index (χ3v) is 3.68.